The number of aromatic nitrogens is 3. The molecule has 5 heteroatoms. The SMILES string of the molecule is CC(Nc1nc(-c2ccccc2O)nc2ccccc12)c1cccnc1. The van der Waals surface area contributed by atoms with Crippen LogP contribution in [-0.2, 0) is 0 Å². The molecule has 0 bridgehead atoms. The highest BCUT2D eigenvalue weighted by molar-refractivity contribution is 5.91. The molecule has 128 valence electrons. The van der Waals surface area contributed by atoms with Crippen molar-refractivity contribution in [1.29, 1.82) is 0 Å². The van der Waals surface area contributed by atoms with Crippen LogP contribution >= 0.6 is 0 Å². The van der Waals surface area contributed by atoms with E-state index in [1.807, 2.05) is 54.7 Å². The highest BCUT2D eigenvalue weighted by Gasteiger charge is 2.14. The van der Waals surface area contributed by atoms with Crippen molar-refractivity contribution in [3.63, 3.8) is 0 Å². The van der Waals surface area contributed by atoms with E-state index in [9.17, 15) is 5.11 Å². The first-order chi connectivity index (χ1) is 12.7. The van der Waals surface area contributed by atoms with Crippen LogP contribution in [0.2, 0.25) is 0 Å². The van der Waals surface area contributed by atoms with Gasteiger partial charge in [0, 0.05) is 17.8 Å². The third-order valence-electron chi connectivity index (χ3n) is 4.29. The summed E-state index contributed by atoms with van der Waals surface area (Å²) in [6.07, 6.45) is 3.59. The van der Waals surface area contributed by atoms with E-state index < -0.39 is 0 Å². The minimum Gasteiger partial charge on any atom is -0.507 e. The van der Waals surface area contributed by atoms with Gasteiger partial charge in [-0.05, 0) is 42.8 Å². The summed E-state index contributed by atoms with van der Waals surface area (Å²) in [6, 6.07) is 18.9. The molecule has 0 spiro atoms. The zero-order valence-electron chi connectivity index (χ0n) is 14.3. The predicted octanol–water partition coefficient (Wildman–Crippen LogP) is 4.57. The van der Waals surface area contributed by atoms with E-state index in [2.05, 4.69) is 22.2 Å². The minimum absolute atomic E-state index is 0.0271. The Morgan fingerprint density at radius 1 is 0.923 bits per heavy atom. The lowest BCUT2D eigenvalue weighted by molar-refractivity contribution is 0.477. The van der Waals surface area contributed by atoms with Crippen LogP contribution in [0.5, 0.6) is 5.75 Å². The smallest absolute Gasteiger partial charge is 0.165 e. The number of benzene rings is 2. The summed E-state index contributed by atoms with van der Waals surface area (Å²) >= 11 is 0. The lowest BCUT2D eigenvalue weighted by Gasteiger charge is -2.17. The maximum atomic E-state index is 10.2. The van der Waals surface area contributed by atoms with Crippen LogP contribution < -0.4 is 5.32 Å². The van der Waals surface area contributed by atoms with Crippen molar-refractivity contribution in [2.24, 2.45) is 0 Å². The first kappa shape index (κ1) is 16.0. The summed E-state index contributed by atoms with van der Waals surface area (Å²) in [6.45, 7) is 2.06. The molecule has 4 aromatic rings. The topological polar surface area (TPSA) is 70.9 Å². The third-order valence-corrected chi connectivity index (χ3v) is 4.29. The number of nitrogens with one attached hydrogen (secondary N) is 1. The van der Waals surface area contributed by atoms with Crippen LogP contribution in [0.3, 0.4) is 0 Å². The molecule has 26 heavy (non-hydrogen) atoms. The normalized spacial score (nSPS) is 12.0. The summed E-state index contributed by atoms with van der Waals surface area (Å²) in [5.74, 6) is 1.38. The van der Waals surface area contributed by atoms with Crippen molar-refractivity contribution in [3.05, 3.63) is 78.6 Å². The van der Waals surface area contributed by atoms with Crippen molar-refractivity contribution in [3.8, 4) is 17.1 Å². The number of anilines is 1. The first-order valence-electron chi connectivity index (χ1n) is 8.44. The number of para-hydroxylation sites is 2. The molecule has 5 nitrogen and oxygen atoms in total. The average Bonchev–Trinajstić information content (AvgIpc) is 2.69. The fourth-order valence-electron chi connectivity index (χ4n) is 2.89. The molecule has 0 radical (unpaired) electrons. The highest BCUT2D eigenvalue weighted by atomic mass is 16.3. The Morgan fingerprint density at radius 3 is 2.54 bits per heavy atom. The number of rotatable bonds is 4. The first-order valence-corrected chi connectivity index (χ1v) is 8.44. The molecule has 0 amide bonds. The van der Waals surface area contributed by atoms with Crippen molar-refractivity contribution < 1.29 is 5.11 Å². The molecule has 2 aromatic carbocycles. The summed E-state index contributed by atoms with van der Waals surface area (Å²) in [4.78, 5) is 13.5. The zero-order valence-corrected chi connectivity index (χ0v) is 14.3. The second kappa shape index (κ2) is 6.80. The van der Waals surface area contributed by atoms with Crippen molar-refractivity contribution in [2.75, 3.05) is 5.32 Å². The predicted molar refractivity (Wildman–Crippen MR) is 103 cm³/mol. The number of hydrogen-bond acceptors (Lipinski definition) is 5. The molecule has 0 saturated heterocycles. The number of pyridine rings is 1. The molecule has 2 aromatic heterocycles. The van der Waals surface area contributed by atoms with E-state index in [-0.39, 0.29) is 11.8 Å². The number of phenols is 1. The molecule has 0 saturated carbocycles. The second-order valence-electron chi connectivity index (χ2n) is 6.08. The van der Waals surface area contributed by atoms with Crippen molar-refractivity contribution in [1.82, 2.24) is 15.0 Å². The molecule has 2 heterocycles. The molecular weight excluding hydrogens is 324 g/mol. The van der Waals surface area contributed by atoms with Gasteiger partial charge in [0.25, 0.3) is 0 Å². The van der Waals surface area contributed by atoms with Crippen LogP contribution in [0.15, 0.2) is 73.1 Å². The molecule has 1 atom stereocenters. The van der Waals surface area contributed by atoms with Gasteiger partial charge in [0.05, 0.1) is 17.1 Å². The zero-order chi connectivity index (χ0) is 17.9. The fraction of sp³-hybridized carbons (Fsp3) is 0.0952. The van der Waals surface area contributed by atoms with Gasteiger partial charge in [0.15, 0.2) is 5.82 Å². The largest absolute Gasteiger partial charge is 0.507 e. The van der Waals surface area contributed by atoms with Gasteiger partial charge in [-0.1, -0.05) is 30.3 Å². The lowest BCUT2D eigenvalue weighted by atomic mass is 10.1. The minimum atomic E-state index is 0.0271. The molecule has 1 unspecified atom stereocenters. The molecule has 4 rings (SSSR count). The molecule has 0 aliphatic carbocycles. The van der Waals surface area contributed by atoms with Crippen LogP contribution in [0.1, 0.15) is 18.5 Å². The van der Waals surface area contributed by atoms with Gasteiger partial charge < -0.3 is 10.4 Å². The summed E-state index contributed by atoms with van der Waals surface area (Å²) in [7, 11) is 0. The Labute approximate surface area is 151 Å². The van der Waals surface area contributed by atoms with Crippen LogP contribution in [-0.4, -0.2) is 20.1 Å². The van der Waals surface area contributed by atoms with E-state index in [1.54, 1.807) is 18.3 Å². The maximum absolute atomic E-state index is 10.2. The molecule has 0 fully saturated rings. The second-order valence-corrected chi connectivity index (χ2v) is 6.08. The highest BCUT2D eigenvalue weighted by Crippen LogP contribution is 2.31. The Hall–Kier alpha value is -3.47. The van der Waals surface area contributed by atoms with Gasteiger partial charge in [0.1, 0.15) is 11.6 Å². The van der Waals surface area contributed by atoms with E-state index >= 15 is 0 Å². The number of nitrogens with zero attached hydrogens (tertiary/aromatic N) is 3. The van der Waals surface area contributed by atoms with Crippen molar-refractivity contribution >= 4 is 16.7 Å². The van der Waals surface area contributed by atoms with Crippen molar-refractivity contribution in [2.45, 2.75) is 13.0 Å². The van der Waals surface area contributed by atoms with Crippen LogP contribution in [0.4, 0.5) is 5.82 Å². The third kappa shape index (κ3) is 3.07. The number of phenolic OH excluding ortho intramolecular Hbond substituents is 1. The quantitative estimate of drug-likeness (QED) is 0.568. The maximum Gasteiger partial charge on any atom is 0.165 e. The number of hydrogen-bond donors (Lipinski definition) is 2. The summed E-state index contributed by atoms with van der Waals surface area (Å²) in [5.41, 5.74) is 2.50. The van der Waals surface area contributed by atoms with Gasteiger partial charge in [-0.2, -0.15) is 0 Å². The monoisotopic (exact) mass is 342 g/mol. The Kier molecular flexibility index (Phi) is 4.19. The van der Waals surface area contributed by atoms with Gasteiger partial charge in [-0.25, -0.2) is 9.97 Å². The Bertz CT molecular complexity index is 1050. The molecule has 0 aliphatic heterocycles. The van der Waals surface area contributed by atoms with E-state index in [0.29, 0.717) is 11.4 Å². The van der Waals surface area contributed by atoms with Gasteiger partial charge in [-0.15, -0.1) is 0 Å². The molecule has 2 N–H and O–H groups in total. The van der Waals surface area contributed by atoms with E-state index in [4.69, 9.17) is 4.98 Å². The van der Waals surface area contributed by atoms with Gasteiger partial charge in [-0.3, -0.25) is 4.98 Å². The van der Waals surface area contributed by atoms with E-state index in [1.165, 1.54) is 0 Å². The standard InChI is InChI=1S/C21H18N4O/c1-14(15-7-6-12-22-13-15)23-20-16-8-2-4-10-18(16)24-21(25-20)17-9-3-5-11-19(17)26/h2-14,26H,1H3,(H,23,24,25). The Morgan fingerprint density at radius 2 is 1.73 bits per heavy atom. The fourth-order valence-corrected chi connectivity index (χ4v) is 2.89. The van der Waals surface area contributed by atoms with Crippen LogP contribution in [0, 0.1) is 0 Å². The van der Waals surface area contributed by atoms with Crippen LogP contribution in [0.25, 0.3) is 22.3 Å². The van der Waals surface area contributed by atoms with Gasteiger partial charge >= 0.3 is 0 Å². The average molecular weight is 342 g/mol. The summed E-state index contributed by atoms with van der Waals surface area (Å²) in [5, 5.41) is 14.6. The lowest BCUT2D eigenvalue weighted by Crippen LogP contribution is -2.09. The molecular formula is C21H18N4O. The van der Waals surface area contributed by atoms with Gasteiger partial charge in [0.2, 0.25) is 0 Å². The Balaban J connectivity index is 1.81. The number of aromatic hydroxyl groups is 1. The summed E-state index contributed by atoms with van der Waals surface area (Å²) < 4.78 is 0. The number of fused-ring (bicyclic) bond motifs is 1. The van der Waals surface area contributed by atoms with E-state index in [0.717, 1.165) is 22.3 Å². The molecule has 0 aliphatic rings.